The molecule has 1 saturated carbocycles. The Morgan fingerprint density at radius 1 is 0.867 bits per heavy atom. The second-order valence-corrected chi connectivity index (χ2v) is 5.86. The minimum absolute atomic E-state index is 0.202. The maximum Gasteiger partial charge on any atom is 0.169 e. The molecule has 2 aliphatic rings. The van der Waals surface area contributed by atoms with Gasteiger partial charge in [-0.25, -0.2) is 0 Å². The Morgan fingerprint density at radius 2 is 1.33 bits per heavy atom. The molecule has 2 nitrogen and oxygen atoms in total. The van der Waals surface area contributed by atoms with E-state index in [9.17, 15) is 0 Å². The van der Waals surface area contributed by atoms with Crippen molar-refractivity contribution in [1.82, 2.24) is 0 Å². The van der Waals surface area contributed by atoms with Crippen molar-refractivity contribution >= 4 is 0 Å². The van der Waals surface area contributed by atoms with Crippen LogP contribution in [0.15, 0.2) is 0 Å². The van der Waals surface area contributed by atoms with Gasteiger partial charge in [-0.05, 0) is 23.7 Å². The standard InChI is InChI=1S/C13H24O2/c1-10(2)12(11(3)4)8-13(9-12)14-6-5-7-15-13/h10-11H,5-9H2,1-4H3. The van der Waals surface area contributed by atoms with Gasteiger partial charge >= 0.3 is 0 Å². The van der Waals surface area contributed by atoms with Crippen LogP contribution in [0.25, 0.3) is 0 Å². The van der Waals surface area contributed by atoms with Crippen LogP contribution in [0.5, 0.6) is 0 Å². The summed E-state index contributed by atoms with van der Waals surface area (Å²) in [5, 5.41) is 0. The van der Waals surface area contributed by atoms with E-state index in [0.29, 0.717) is 5.41 Å². The zero-order chi connectivity index (χ0) is 11.1. The van der Waals surface area contributed by atoms with Gasteiger partial charge in [-0.3, -0.25) is 0 Å². The minimum atomic E-state index is -0.202. The smallest absolute Gasteiger partial charge is 0.169 e. The third-order valence-electron chi connectivity index (χ3n) is 4.52. The number of ether oxygens (including phenoxy) is 2. The summed E-state index contributed by atoms with van der Waals surface area (Å²) in [6.45, 7) is 11.1. The third-order valence-corrected chi connectivity index (χ3v) is 4.52. The van der Waals surface area contributed by atoms with E-state index >= 15 is 0 Å². The highest BCUT2D eigenvalue weighted by Crippen LogP contribution is 2.60. The van der Waals surface area contributed by atoms with E-state index in [2.05, 4.69) is 27.7 Å². The Labute approximate surface area is 93.3 Å². The zero-order valence-corrected chi connectivity index (χ0v) is 10.5. The van der Waals surface area contributed by atoms with E-state index in [0.717, 1.165) is 44.3 Å². The van der Waals surface area contributed by atoms with Gasteiger partial charge in [0.25, 0.3) is 0 Å². The van der Waals surface area contributed by atoms with Crippen molar-refractivity contribution < 1.29 is 9.47 Å². The van der Waals surface area contributed by atoms with Gasteiger partial charge in [0.2, 0.25) is 0 Å². The Balaban J connectivity index is 2.04. The van der Waals surface area contributed by atoms with Crippen LogP contribution >= 0.6 is 0 Å². The topological polar surface area (TPSA) is 18.5 Å². The lowest BCUT2D eigenvalue weighted by Crippen LogP contribution is -2.61. The van der Waals surface area contributed by atoms with Crippen molar-refractivity contribution in [3.8, 4) is 0 Å². The summed E-state index contributed by atoms with van der Waals surface area (Å²) in [6, 6.07) is 0. The lowest BCUT2D eigenvalue weighted by molar-refractivity contribution is -0.353. The van der Waals surface area contributed by atoms with Gasteiger partial charge < -0.3 is 9.47 Å². The van der Waals surface area contributed by atoms with E-state index in [4.69, 9.17) is 9.47 Å². The van der Waals surface area contributed by atoms with Gasteiger partial charge in [-0.1, -0.05) is 27.7 Å². The molecule has 2 heteroatoms. The second kappa shape index (κ2) is 3.74. The summed E-state index contributed by atoms with van der Waals surface area (Å²) in [4.78, 5) is 0. The van der Waals surface area contributed by atoms with Gasteiger partial charge in [-0.15, -0.1) is 0 Å². The van der Waals surface area contributed by atoms with Crippen LogP contribution in [-0.4, -0.2) is 19.0 Å². The van der Waals surface area contributed by atoms with Gasteiger partial charge in [0.15, 0.2) is 5.79 Å². The number of rotatable bonds is 2. The molecule has 0 bridgehead atoms. The van der Waals surface area contributed by atoms with Crippen LogP contribution in [0, 0.1) is 17.3 Å². The van der Waals surface area contributed by atoms with E-state index < -0.39 is 0 Å². The summed E-state index contributed by atoms with van der Waals surface area (Å²) in [6.07, 6.45) is 3.24. The Bertz CT molecular complexity index is 209. The van der Waals surface area contributed by atoms with Crippen LogP contribution in [-0.2, 0) is 9.47 Å². The first-order chi connectivity index (χ1) is 7.01. The highest BCUT2D eigenvalue weighted by Gasteiger charge is 2.59. The van der Waals surface area contributed by atoms with Crippen molar-refractivity contribution in [2.75, 3.05) is 13.2 Å². The summed E-state index contributed by atoms with van der Waals surface area (Å²) in [5.74, 6) is 1.24. The number of hydrogen-bond donors (Lipinski definition) is 0. The molecule has 2 rings (SSSR count). The molecule has 0 atom stereocenters. The van der Waals surface area contributed by atoms with Crippen LogP contribution in [0.2, 0.25) is 0 Å². The SMILES string of the molecule is CC(C)C1(C(C)C)CC2(C1)OCCCO2. The molecule has 88 valence electrons. The largest absolute Gasteiger partial charge is 0.350 e. The highest BCUT2D eigenvalue weighted by molar-refractivity contribution is 5.04. The molecule has 0 aromatic carbocycles. The summed E-state index contributed by atoms with van der Waals surface area (Å²) >= 11 is 0. The lowest BCUT2D eigenvalue weighted by Gasteiger charge is -2.60. The molecule has 0 radical (unpaired) electrons. The van der Waals surface area contributed by atoms with E-state index in [-0.39, 0.29) is 5.79 Å². The maximum atomic E-state index is 5.83. The van der Waals surface area contributed by atoms with Crippen molar-refractivity contribution in [3.05, 3.63) is 0 Å². The molecular formula is C13H24O2. The fourth-order valence-electron chi connectivity index (χ4n) is 3.26. The predicted molar refractivity (Wildman–Crippen MR) is 60.6 cm³/mol. The summed E-state index contributed by atoms with van der Waals surface area (Å²) in [5.41, 5.74) is 0.442. The Hall–Kier alpha value is -0.0800. The average Bonchev–Trinajstić information content (AvgIpc) is 2.14. The second-order valence-electron chi connectivity index (χ2n) is 5.86. The normalized spacial score (nSPS) is 28.4. The van der Waals surface area contributed by atoms with E-state index in [1.54, 1.807) is 0 Å². The fraction of sp³-hybridized carbons (Fsp3) is 1.00. The monoisotopic (exact) mass is 212 g/mol. The predicted octanol–water partition coefficient (Wildman–Crippen LogP) is 3.21. The minimum Gasteiger partial charge on any atom is -0.350 e. The van der Waals surface area contributed by atoms with Crippen molar-refractivity contribution in [2.24, 2.45) is 17.3 Å². The van der Waals surface area contributed by atoms with E-state index in [1.807, 2.05) is 0 Å². The molecule has 1 heterocycles. The molecule has 1 saturated heterocycles. The molecule has 2 fully saturated rings. The van der Waals surface area contributed by atoms with Gasteiger partial charge in [-0.2, -0.15) is 0 Å². The quantitative estimate of drug-likeness (QED) is 0.699. The Morgan fingerprint density at radius 3 is 1.73 bits per heavy atom. The molecule has 15 heavy (non-hydrogen) atoms. The van der Waals surface area contributed by atoms with E-state index in [1.165, 1.54) is 0 Å². The highest BCUT2D eigenvalue weighted by atomic mass is 16.7. The molecule has 0 aromatic heterocycles. The average molecular weight is 212 g/mol. The number of hydrogen-bond acceptors (Lipinski definition) is 2. The lowest BCUT2D eigenvalue weighted by atomic mass is 9.53. The van der Waals surface area contributed by atoms with Crippen molar-refractivity contribution in [3.63, 3.8) is 0 Å². The molecule has 0 N–H and O–H groups in total. The third kappa shape index (κ3) is 1.72. The van der Waals surface area contributed by atoms with Crippen LogP contribution in [0.4, 0.5) is 0 Å². The Kier molecular flexibility index (Phi) is 2.85. The zero-order valence-electron chi connectivity index (χ0n) is 10.5. The van der Waals surface area contributed by atoms with Gasteiger partial charge in [0.1, 0.15) is 0 Å². The van der Waals surface area contributed by atoms with Crippen LogP contribution in [0.1, 0.15) is 47.0 Å². The van der Waals surface area contributed by atoms with Gasteiger partial charge in [0, 0.05) is 12.8 Å². The molecule has 1 aliphatic heterocycles. The van der Waals surface area contributed by atoms with Crippen molar-refractivity contribution in [1.29, 1.82) is 0 Å². The first-order valence-corrected chi connectivity index (χ1v) is 6.29. The molecule has 1 spiro atoms. The van der Waals surface area contributed by atoms with Crippen molar-refractivity contribution in [2.45, 2.75) is 52.7 Å². The summed E-state index contributed by atoms with van der Waals surface area (Å²) < 4.78 is 11.7. The molecule has 0 unspecified atom stereocenters. The first-order valence-electron chi connectivity index (χ1n) is 6.29. The molecular weight excluding hydrogens is 188 g/mol. The van der Waals surface area contributed by atoms with Crippen LogP contribution < -0.4 is 0 Å². The molecule has 1 aliphatic carbocycles. The first kappa shape index (κ1) is 11.4. The molecule has 0 aromatic rings. The van der Waals surface area contributed by atoms with Crippen LogP contribution in [0.3, 0.4) is 0 Å². The fourth-order valence-corrected chi connectivity index (χ4v) is 3.26. The maximum absolute atomic E-state index is 5.83. The van der Waals surface area contributed by atoms with Gasteiger partial charge in [0.05, 0.1) is 13.2 Å². The molecule has 0 amide bonds. The summed E-state index contributed by atoms with van der Waals surface area (Å²) in [7, 11) is 0.